The first-order valence-electron chi connectivity index (χ1n) is 5.74. The van der Waals surface area contributed by atoms with E-state index >= 15 is 0 Å². The van der Waals surface area contributed by atoms with Gasteiger partial charge in [-0.3, -0.25) is 0 Å². The Morgan fingerprint density at radius 3 is 2.58 bits per heavy atom. The number of benzene rings is 2. The molecule has 0 bridgehead atoms. The predicted molar refractivity (Wildman–Crippen MR) is 67.8 cm³/mol. The van der Waals surface area contributed by atoms with Crippen LogP contribution in [-0.2, 0) is 11.3 Å². The average Bonchev–Trinajstić information content (AvgIpc) is 2.46. The minimum absolute atomic E-state index is 0.0439. The number of rotatable bonds is 5. The van der Waals surface area contributed by atoms with Crippen LogP contribution < -0.4 is 4.74 Å². The highest BCUT2D eigenvalue weighted by molar-refractivity contribution is 5.35. The fourth-order valence-electron chi connectivity index (χ4n) is 1.53. The van der Waals surface area contributed by atoms with Gasteiger partial charge in [-0.05, 0) is 23.8 Å². The lowest BCUT2D eigenvalue weighted by atomic mass is 10.2. The number of ether oxygens (including phenoxy) is 2. The Hall–Kier alpha value is -2.38. The molecule has 0 radical (unpaired) electrons. The highest BCUT2D eigenvalue weighted by atomic mass is 19.1. The lowest BCUT2D eigenvalue weighted by Crippen LogP contribution is -2.04. The van der Waals surface area contributed by atoms with Crippen molar-refractivity contribution >= 4 is 0 Å². The van der Waals surface area contributed by atoms with Crippen LogP contribution in [0.15, 0.2) is 48.5 Å². The van der Waals surface area contributed by atoms with Gasteiger partial charge in [-0.25, -0.2) is 4.39 Å². The van der Waals surface area contributed by atoms with E-state index in [-0.39, 0.29) is 18.1 Å². The summed E-state index contributed by atoms with van der Waals surface area (Å²) in [6.45, 7) is 0.358. The quantitative estimate of drug-likeness (QED) is 0.610. The maximum absolute atomic E-state index is 13.5. The Balaban J connectivity index is 1.82. The molecule has 4 heteroatoms. The molecule has 0 N–H and O–H groups in total. The molecule has 0 fully saturated rings. The molecular formula is C15H12FNO2. The van der Waals surface area contributed by atoms with Gasteiger partial charge in [0, 0.05) is 0 Å². The molecule has 0 aliphatic rings. The van der Waals surface area contributed by atoms with E-state index in [0.29, 0.717) is 6.61 Å². The normalized spacial score (nSPS) is 9.89. The molecule has 2 rings (SSSR count). The van der Waals surface area contributed by atoms with Gasteiger partial charge >= 0.3 is 0 Å². The van der Waals surface area contributed by atoms with Crippen molar-refractivity contribution in [3.05, 3.63) is 65.5 Å². The molecule has 0 atom stereocenters. The van der Waals surface area contributed by atoms with Gasteiger partial charge in [-0.2, -0.15) is 5.26 Å². The highest BCUT2D eigenvalue weighted by Gasteiger charge is 2.04. The molecule has 0 spiro atoms. The lowest BCUT2D eigenvalue weighted by Gasteiger charge is -2.08. The molecule has 19 heavy (non-hydrogen) atoms. The molecule has 0 unspecified atom stereocenters. The fraction of sp³-hybridized carbons (Fsp3) is 0.133. The standard InChI is InChI=1S/C15H12FNO2/c16-14-8-13(9-17)6-7-15(14)19-11-18-10-12-4-2-1-3-5-12/h1-8H,10-11H2. The maximum atomic E-state index is 13.5. The Morgan fingerprint density at radius 2 is 1.89 bits per heavy atom. The second-order valence-corrected chi connectivity index (χ2v) is 3.85. The number of nitrogens with zero attached hydrogens (tertiary/aromatic N) is 1. The first-order chi connectivity index (χ1) is 9.29. The molecule has 0 aliphatic heterocycles. The summed E-state index contributed by atoms with van der Waals surface area (Å²) in [6.07, 6.45) is 0. The Labute approximate surface area is 110 Å². The summed E-state index contributed by atoms with van der Waals surface area (Å²) < 4.78 is 23.9. The summed E-state index contributed by atoms with van der Waals surface area (Å²) in [5.41, 5.74) is 1.28. The summed E-state index contributed by atoms with van der Waals surface area (Å²) in [7, 11) is 0. The van der Waals surface area contributed by atoms with Crippen LogP contribution in [0.1, 0.15) is 11.1 Å². The van der Waals surface area contributed by atoms with Crippen LogP contribution in [0.5, 0.6) is 5.75 Å². The van der Waals surface area contributed by atoms with Gasteiger partial charge in [-0.1, -0.05) is 30.3 Å². The van der Waals surface area contributed by atoms with E-state index in [1.165, 1.54) is 12.1 Å². The van der Waals surface area contributed by atoms with Crippen LogP contribution in [0.4, 0.5) is 4.39 Å². The smallest absolute Gasteiger partial charge is 0.189 e. The van der Waals surface area contributed by atoms with Gasteiger partial charge in [0.25, 0.3) is 0 Å². The van der Waals surface area contributed by atoms with Crippen LogP contribution in [-0.4, -0.2) is 6.79 Å². The van der Waals surface area contributed by atoms with Crippen molar-refractivity contribution in [2.75, 3.05) is 6.79 Å². The zero-order valence-corrected chi connectivity index (χ0v) is 10.2. The molecule has 0 amide bonds. The minimum Gasteiger partial charge on any atom is -0.464 e. The Morgan fingerprint density at radius 1 is 1.11 bits per heavy atom. The van der Waals surface area contributed by atoms with Crippen molar-refractivity contribution in [2.24, 2.45) is 0 Å². The molecule has 0 saturated heterocycles. The van der Waals surface area contributed by atoms with E-state index in [0.717, 1.165) is 11.6 Å². The summed E-state index contributed by atoms with van der Waals surface area (Å²) in [5, 5.41) is 8.61. The van der Waals surface area contributed by atoms with E-state index in [1.807, 2.05) is 36.4 Å². The molecule has 0 heterocycles. The monoisotopic (exact) mass is 257 g/mol. The molecule has 3 nitrogen and oxygen atoms in total. The van der Waals surface area contributed by atoms with E-state index in [4.69, 9.17) is 14.7 Å². The van der Waals surface area contributed by atoms with Crippen LogP contribution in [0.25, 0.3) is 0 Å². The first-order valence-corrected chi connectivity index (χ1v) is 5.74. The third-order valence-electron chi connectivity index (χ3n) is 2.47. The SMILES string of the molecule is N#Cc1ccc(OCOCc2ccccc2)c(F)c1. The predicted octanol–water partition coefficient (Wildman–Crippen LogP) is 3.25. The van der Waals surface area contributed by atoms with Gasteiger partial charge < -0.3 is 9.47 Å². The molecule has 2 aromatic rings. The molecule has 0 saturated carbocycles. The second-order valence-electron chi connectivity index (χ2n) is 3.85. The zero-order chi connectivity index (χ0) is 13.5. The van der Waals surface area contributed by atoms with Crippen LogP contribution in [0.2, 0.25) is 0 Å². The number of hydrogen-bond acceptors (Lipinski definition) is 3. The molecule has 0 aliphatic carbocycles. The van der Waals surface area contributed by atoms with Gasteiger partial charge in [-0.15, -0.1) is 0 Å². The highest BCUT2D eigenvalue weighted by Crippen LogP contribution is 2.18. The van der Waals surface area contributed by atoms with E-state index < -0.39 is 5.82 Å². The van der Waals surface area contributed by atoms with Crippen molar-refractivity contribution in [3.8, 4) is 11.8 Å². The van der Waals surface area contributed by atoms with Crippen molar-refractivity contribution in [3.63, 3.8) is 0 Å². The van der Waals surface area contributed by atoms with E-state index in [1.54, 1.807) is 0 Å². The lowest BCUT2D eigenvalue weighted by molar-refractivity contribution is 0.00302. The minimum atomic E-state index is -0.567. The van der Waals surface area contributed by atoms with Gasteiger partial charge in [0.1, 0.15) is 0 Å². The van der Waals surface area contributed by atoms with Gasteiger partial charge in [0.05, 0.1) is 18.2 Å². The summed E-state index contributed by atoms with van der Waals surface area (Å²) in [4.78, 5) is 0. The second kappa shape index (κ2) is 6.53. The molecule has 2 aromatic carbocycles. The largest absolute Gasteiger partial charge is 0.464 e. The van der Waals surface area contributed by atoms with Gasteiger partial charge in [0.15, 0.2) is 18.4 Å². The van der Waals surface area contributed by atoms with Crippen molar-refractivity contribution < 1.29 is 13.9 Å². The van der Waals surface area contributed by atoms with Crippen molar-refractivity contribution in [1.82, 2.24) is 0 Å². The van der Waals surface area contributed by atoms with Crippen molar-refractivity contribution in [2.45, 2.75) is 6.61 Å². The number of nitriles is 1. The fourth-order valence-corrected chi connectivity index (χ4v) is 1.53. The van der Waals surface area contributed by atoms with Crippen LogP contribution in [0, 0.1) is 17.1 Å². The van der Waals surface area contributed by atoms with E-state index in [2.05, 4.69) is 0 Å². The maximum Gasteiger partial charge on any atom is 0.189 e. The Kier molecular flexibility index (Phi) is 4.49. The third-order valence-corrected chi connectivity index (χ3v) is 2.47. The first kappa shape index (κ1) is 13.1. The summed E-state index contributed by atoms with van der Waals surface area (Å²) in [6, 6.07) is 15.5. The van der Waals surface area contributed by atoms with Crippen LogP contribution >= 0.6 is 0 Å². The zero-order valence-electron chi connectivity index (χ0n) is 10.2. The van der Waals surface area contributed by atoms with Crippen molar-refractivity contribution in [1.29, 1.82) is 5.26 Å². The number of halogens is 1. The van der Waals surface area contributed by atoms with Crippen LogP contribution in [0.3, 0.4) is 0 Å². The van der Waals surface area contributed by atoms with E-state index in [9.17, 15) is 4.39 Å². The third kappa shape index (κ3) is 3.80. The molecule has 0 aromatic heterocycles. The molecule has 96 valence electrons. The topological polar surface area (TPSA) is 42.2 Å². The molecular weight excluding hydrogens is 245 g/mol. The average molecular weight is 257 g/mol. The Bertz CT molecular complexity index is 578. The van der Waals surface area contributed by atoms with Gasteiger partial charge in [0.2, 0.25) is 0 Å². The number of hydrogen-bond donors (Lipinski definition) is 0. The summed E-state index contributed by atoms with van der Waals surface area (Å²) in [5.74, 6) is -0.491. The summed E-state index contributed by atoms with van der Waals surface area (Å²) >= 11 is 0.